The summed E-state index contributed by atoms with van der Waals surface area (Å²) in [5, 5.41) is 13.4. The maximum Gasteiger partial charge on any atom is 0.133 e. The van der Waals surface area contributed by atoms with Crippen molar-refractivity contribution in [1.29, 1.82) is 0 Å². The van der Waals surface area contributed by atoms with Gasteiger partial charge >= 0.3 is 0 Å². The van der Waals surface area contributed by atoms with Crippen molar-refractivity contribution in [2.45, 2.75) is 44.7 Å². The molecular weight excluding hydrogens is 318 g/mol. The van der Waals surface area contributed by atoms with Gasteiger partial charge in [-0.1, -0.05) is 25.8 Å². The molecule has 3 nitrogen and oxygen atoms in total. The quantitative estimate of drug-likeness (QED) is 0.861. The van der Waals surface area contributed by atoms with Crippen LogP contribution >= 0.6 is 15.9 Å². The molecule has 1 aromatic rings. The van der Waals surface area contributed by atoms with E-state index >= 15 is 0 Å². The molecule has 0 spiro atoms. The van der Waals surface area contributed by atoms with Crippen molar-refractivity contribution < 1.29 is 9.84 Å². The highest BCUT2D eigenvalue weighted by molar-refractivity contribution is 9.10. The van der Waals surface area contributed by atoms with E-state index in [-0.39, 0.29) is 12.1 Å². The standard InChI is InChI=1S/C16H24BrNO2/c1-12-4-3-7-16(9-12,11-19)18-10-13-5-6-15(20-2)14(17)8-13/h5-6,8,12,18-19H,3-4,7,9-11H2,1-2H3. The molecule has 2 unspecified atom stereocenters. The van der Waals surface area contributed by atoms with Gasteiger partial charge in [0.2, 0.25) is 0 Å². The van der Waals surface area contributed by atoms with Crippen LogP contribution in [0.15, 0.2) is 22.7 Å². The Hall–Kier alpha value is -0.580. The zero-order valence-corrected chi connectivity index (χ0v) is 13.9. The van der Waals surface area contributed by atoms with Crippen molar-refractivity contribution >= 4 is 15.9 Å². The molecule has 0 bridgehead atoms. The Morgan fingerprint density at radius 1 is 1.50 bits per heavy atom. The molecule has 2 atom stereocenters. The van der Waals surface area contributed by atoms with Crippen LogP contribution in [0.5, 0.6) is 5.75 Å². The van der Waals surface area contributed by atoms with Crippen LogP contribution in [0.2, 0.25) is 0 Å². The summed E-state index contributed by atoms with van der Waals surface area (Å²) in [6, 6.07) is 6.10. The number of hydrogen-bond acceptors (Lipinski definition) is 3. The second-order valence-corrected chi connectivity index (χ2v) is 6.82. The summed E-state index contributed by atoms with van der Waals surface area (Å²) in [5.41, 5.74) is 1.09. The van der Waals surface area contributed by atoms with Crippen LogP contribution in [-0.2, 0) is 6.54 Å². The largest absolute Gasteiger partial charge is 0.496 e. The SMILES string of the molecule is COc1ccc(CNC2(CO)CCCC(C)C2)cc1Br. The molecule has 0 saturated heterocycles. The first kappa shape index (κ1) is 15.8. The molecule has 1 aromatic carbocycles. The Balaban J connectivity index is 2.01. The third-order valence-corrected chi connectivity index (χ3v) is 4.90. The predicted octanol–water partition coefficient (Wildman–Crippen LogP) is 3.49. The van der Waals surface area contributed by atoms with Crippen molar-refractivity contribution in [2.24, 2.45) is 5.92 Å². The summed E-state index contributed by atoms with van der Waals surface area (Å²) in [6.45, 7) is 3.26. The molecule has 0 aromatic heterocycles. The van der Waals surface area contributed by atoms with E-state index in [9.17, 15) is 5.11 Å². The molecule has 0 heterocycles. The first-order valence-electron chi connectivity index (χ1n) is 7.27. The average Bonchev–Trinajstić information content (AvgIpc) is 2.45. The monoisotopic (exact) mass is 341 g/mol. The molecular formula is C16H24BrNO2. The average molecular weight is 342 g/mol. The molecule has 1 fully saturated rings. The molecule has 2 N–H and O–H groups in total. The third-order valence-electron chi connectivity index (χ3n) is 4.28. The van der Waals surface area contributed by atoms with Gasteiger partial charge in [-0.05, 0) is 52.4 Å². The molecule has 1 aliphatic carbocycles. The highest BCUT2D eigenvalue weighted by Crippen LogP contribution is 2.32. The lowest BCUT2D eigenvalue weighted by atomic mass is 9.77. The number of nitrogens with one attached hydrogen (secondary N) is 1. The van der Waals surface area contributed by atoms with Crippen molar-refractivity contribution in [3.8, 4) is 5.75 Å². The summed E-state index contributed by atoms with van der Waals surface area (Å²) in [4.78, 5) is 0. The molecule has 2 rings (SSSR count). The molecule has 1 aliphatic rings. The number of aliphatic hydroxyl groups excluding tert-OH is 1. The maximum absolute atomic E-state index is 9.78. The fourth-order valence-electron chi connectivity index (χ4n) is 3.13. The number of methoxy groups -OCH3 is 1. The van der Waals surface area contributed by atoms with Gasteiger partial charge in [0.25, 0.3) is 0 Å². The minimum absolute atomic E-state index is 0.107. The molecule has 0 amide bonds. The van der Waals surface area contributed by atoms with Crippen LogP contribution in [0.1, 0.15) is 38.2 Å². The van der Waals surface area contributed by atoms with Crippen LogP contribution in [0.3, 0.4) is 0 Å². The van der Waals surface area contributed by atoms with Crippen LogP contribution in [0.4, 0.5) is 0 Å². The summed E-state index contributed by atoms with van der Waals surface area (Å²) in [7, 11) is 1.67. The van der Waals surface area contributed by atoms with Crippen LogP contribution in [0.25, 0.3) is 0 Å². The van der Waals surface area contributed by atoms with Gasteiger partial charge in [0.1, 0.15) is 5.75 Å². The maximum atomic E-state index is 9.78. The molecule has 1 saturated carbocycles. The van der Waals surface area contributed by atoms with E-state index in [1.807, 2.05) is 6.07 Å². The fourth-order valence-corrected chi connectivity index (χ4v) is 3.72. The topological polar surface area (TPSA) is 41.5 Å². The van der Waals surface area contributed by atoms with E-state index in [0.717, 1.165) is 29.6 Å². The Kier molecular flexibility index (Phi) is 5.47. The summed E-state index contributed by atoms with van der Waals surface area (Å²) in [6.07, 6.45) is 4.59. The van der Waals surface area contributed by atoms with Gasteiger partial charge in [-0.2, -0.15) is 0 Å². The van der Waals surface area contributed by atoms with Crippen LogP contribution in [0, 0.1) is 5.92 Å². The lowest BCUT2D eigenvalue weighted by Crippen LogP contribution is -2.51. The molecule has 0 radical (unpaired) electrons. The highest BCUT2D eigenvalue weighted by atomic mass is 79.9. The Labute approximate surface area is 129 Å². The van der Waals surface area contributed by atoms with Crippen molar-refractivity contribution in [3.63, 3.8) is 0 Å². The number of benzene rings is 1. The van der Waals surface area contributed by atoms with E-state index < -0.39 is 0 Å². The lowest BCUT2D eigenvalue weighted by Gasteiger charge is -2.39. The second kappa shape index (κ2) is 6.92. The van der Waals surface area contributed by atoms with E-state index in [2.05, 4.69) is 40.3 Å². The zero-order chi connectivity index (χ0) is 14.6. The summed E-state index contributed by atoms with van der Waals surface area (Å²) in [5.74, 6) is 1.53. The number of aliphatic hydroxyl groups is 1. The first-order valence-corrected chi connectivity index (χ1v) is 8.06. The van der Waals surface area contributed by atoms with E-state index in [1.165, 1.54) is 18.4 Å². The molecule has 4 heteroatoms. The van der Waals surface area contributed by atoms with Crippen molar-refractivity contribution in [2.75, 3.05) is 13.7 Å². The Morgan fingerprint density at radius 3 is 2.90 bits per heavy atom. The predicted molar refractivity (Wildman–Crippen MR) is 85.0 cm³/mol. The number of ether oxygens (including phenoxy) is 1. The molecule has 112 valence electrons. The minimum Gasteiger partial charge on any atom is -0.496 e. The molecule has 0 aliphatic heterocycles. The number of hydrogen-bond donors (Lipinski definition) is 2. The van der Waals surface area contributed by atoms with E-state index in [0.29, 0.717) is 5.92 Å². The number of rotatable bonds is 5. The van der Waals surface area contributed by atoms with Gasteiger partial charge in [0.05, 0.1) is 18.2 Å². The van der Waals surface area contributed by atoms with Crippen LogP contribution in [-0.4, -0.2) is 24.4 Å². The van der Waals surface area contributed by atoms with Gasteiger partial charge in [-0.3, -0.25) is 0 Å². The van der Waals surface area contributed by atoms with Crippen molar-refractivity contribution in [1.82, 2.24) is 5.32 Å². The summed E-state index contributed by atoms with van der Waals surface area (Å²) < 4.78 is 6.21. The fraction of sp³-hybridized carbons (Fsp3) is 0.625. The van der Waals surface area contributed by atoms with E-state index in [4.69, 9.17) is 4.74 Å². The minimum atomic E-state index is -0.107. The second-order valence-electron chi connectivity index (χ2n) is 5.96. The van der Waals surface area contributed by atoms with Crippen LogP contribution < -0.4 is 10.1 Å². The van der Waals surface area contributed by atoms with Gasteiger partial charge < -0.3 is 15.2 Å². The van der Waals surface area contributed by atoms with Gasteiger partial charge in [0, 0.05) is 12.1 Å². The number of halogens is 1. The smallest absolute Gasteiger partial charge is 0.133 e. The van der Waals surface area contributed by atoms with Gasteiger partial charge in [0.15, 0.2) is 0 Å². The normalized spacial score (nSPS) is 26.5. The third kappa shape index (κ3) is 3.74. The Morgan fingerprint density at radius 2 is 2.30 bits per heavy atom. The summed E-state index contributed by atoms with van der Waals surface area (Å²) >= 11 is 3.51. The first-order chi connectivity index (χ1) is 9.58. The van der Waals surface area contributed by atoms with E-state index in [1.54, 1.807) is 7.11 Å². The Bertz CT molecular complexity index is 452. The molecule has 20 heavy (non-hydrogen) atoms. The van der Waals surface area contributed by atoms with Gasteiger partial charge in [-0.25, -0.2) is 0 Å². The van der Waals surface area contributed by atoms with Gasteiger partial charge in [-0.15, -0.1) is 0 Å². The van der Waals surface area contributed by atoms with Crippen molar-refractivity contribution in [3.05, 3.63) is 28.2 Å². The zero-order valence-electron chi connectivity index (χ0n) is 12.3. The highest BCUT2D eigenvalue weighted by Gasteiger charge is 2.33. The lowest BCUT2D eigenvalue weighted by molar-refractivity contribution is 0.0982.